The highest BCUT2D eigenvalue weighted by molar-refractivity contribution is 5.65. The third kappa shape index (κ3) is 7.07. The molecule has 12 heteroatoms. The van der Waals surface area contributed by atoms with Crippen LogP contribution in [-0.4, -0.2) is 36.5 Å². The molecule has 4 aromatic rings. The third-order valence-corrected chi connectivity index (χ3v) is 6.08. The molecule has 0 saturated heterocycles. The third-order valence-electron chi connectivity index (χ3n) is 6.08. The molecule has 212 valence electrons. The molecule has 0 fully saturated rings. The first-order chi connectivity index (χ1) is 21.5. The zero-order valence-corrected chi connectivity index (χ0v) is 22.5. The van der Waals surface area contributed by atoms with Gasteiger partial charge in [-0.15, -0.1) is 15.0 Å². The van der Waals surface area contributed by atoms with Crippen molar-refractivity contribution in [3.63, 3.8) is 0 Å². The van der Waals surface area contributed by atoms with Gasteiger partial charge >= 0.3 is 5.79 Å². The molecule has 0 saturated carbocycles. The maximum Gasteiger partial charge on any atom is 0.305 e. The first-order valence-electron chi connectivity index (χ1n) is 12.4. The molecule has 0 unspecified atom stereocenters. The number of aliphatic imine (C=N–C) groups is 6. The summed E-state index contributed by atoms with van der Waals surface area (Å²) in [6, 6.07) is 33.0. The minimum atomic E-state index is -2.38. The average Bonchev–Trinajstić information content (AvgIpc) is 3.06. The normalized spacial score (nSPS) is 10.9. The second kappa shape index (κ2) is 15.8. The molecule has 4 aromatic carbocycles. The number of hydrogen-bond donors (Lipinski definition) is 0. The number of carbonyl (C=O) groups excluding carboxylic acids is 6. The van der Waals surface area contributed by atoms with Gasteiger partial charge in [-0.3, -0.25) is 0 Å². The highest BCUT2D eigenvalue weighted by Gasteiger charge is 2.36. The SMILES string of the molecule is O=C=NC(c1ccccc1)(c1ccccc1)c1ccccc1.O=C=Nc1ccc(C(N=C=O)(N=C=O)N=C=O)c(N=C=O)c1. The van der Waals surface area contributed by atoms with Crippen LogP contribution in [0.1, 0.15) is 22.3 Å². The number of hydrogen-bond acceptors (Lipinski definition) is 12. The van der Waals surface area contributed by atoms with E-state index in [2.05, 4.69) is 30.0 Å². The Kier molecular flexibility index (Phi) is 11.4. The van der Waals surface area contributed by atoms with Crippen LogP contribution in [0.3, 0.4) is 0 Å². The van der Waals surface area contributed by atoms with E-state index in [1.165, 1.54) is 18.2 Å². The molecular formula is C32H18N6O6. The number of isocyanates is 6. The van der Waals surface area contributed by atoms with E-state index in [0.717, 1.165) is 47.1 Å². The summed E-state index contributed by atoms with van der Waals surface area (Å²) in [4.78, 5) is 83.9. The van der Waals surface area contributed by atoms with Gasteiger partial charge in [0.15, 0.2) is 0 Å². The van der Waals surface area contributed by atoms with E-state index < -0.39 is 11.3 Å². The van der Waals surface area contributed by atoms with Gasteiger partial charge in [0.1, 0.15) is 5.54 Å². The van der Waals surface area contributed by atoms with Crippen molar-refractivity contribution < 1.29 is 28.8 Å². The predicted molar refractivity (Wildman–Crippen MR) is 155 cm³/mol. The molecule has 0 atom stereocenters. The van der Waals surface area contributed by atoms with Gasteiger partial charge in [0, 0.05) is 0 Å². The van der Waals surface area contributed by atoms with Crippen molar-refractivity contribution in [2.24, 2.45) is 30.0 Å². The Bertz CT molecular complexity index is 1750. The summed E-state index contributed by atoms with van der Waals surface area (Å²) in [5, 5.41) is 0. The monoisotopic (exact) mass is 582 g/mol. The van der Waals surface area contributed by atoms with Crippen LogP contribution >= 0.6 is 0 Å². The van der Waals surface area contributed by atoms with Gasteiger partial charge in [-0.1, -0.05) is 91.0 Å². The first kappa shape index (κ1) is 31.7. The van der Waals surface area contributed by atoms with Crippen LogP contribution in [0.4, 0.5) is 11.4 Å². The maximum absolute atomic E-state index is 11.2. The van der Waals surface area contributed by atoms with E-state index in [-0.39, 0.29) is 16.9 Å². The fourth-order valence-corrected chi connectivity index (χ4v) is 4.31. The van der Waals surface area contributed by atoms with Crippen molar-refractivity contribution in [3.05, 3.63) is 131 Å². The second-order valence-corrected chi connectivity index (χ2v) is 8.36. The second-order valence-electron chi connectivity index (χ2n) is 8.36. The van der Waals surface area contributed by atoms with Crippen molar-refractivity contribution in [1.29, 1.82) is 0 Å². The fraction of sp³-hybridized carbons (Fsp3) is 0.0625. The number of rotatable bonds is 10. The lowest BCUT2D eigenvalue weighted by Gasteiger charge is -2.30. The van der Waals surface area contributed by atoms with Crippen molar-refractivity contribution in [2.75, 3.05) is 0 Å². The quantitative estimate of drug-likeness (QED) is 0.143. The fourth-order valence-electron chi connectivity index (χ4n) is 4.31. The summed E-state index contributed by atoms with van der Waals surface area (Å²) in [5.41, 5.74) is 1.52. The maximum atomic E-state index is 11.2. The van der Waals surface area contributed by atoms with E-state index in [1.54, 1.807) is 6.08 Å². The highest BCUT2D eigenvalue weighted by atomic mass is 16.1. The van der Waals surface area contributed by atoms with Gasteiger partial charge in [0.05, 0.1) is 16.9 Å². The minimum absolute atomic E-state index is 0.0434. The first-order valence-corrected chi connectivity index (χ1v) is 12.4. The molecule has 0 N–H and O–H groups in total. The smallest absolute Gasteiger partial charge is 0.211 e. The Morgan fingerprint density at radius 2 is 0.841 bits per heavy atom. The lowest BCUT2D eigenvalue weighted by molar-refractivity contribution is 0.467. The molecular weight excluding hydrogens is 564 g/mol. The van der Waals surface area contributed by atoms with Crippen LogP contribution in [0.2, 0.25) is 0 Å². The van der Waals surface area contributed by atoms with Gasteiger partial charge in [-0.25, -0.2) is 28.8 Å². The van der Waals surface area contributed by atoms with Gasteiger partial charge in [-0.2, -0.15) is 15.0 Å². The summed E-state index contributed by atoms with van der Waals surface area (Å²) in [6.07, 6.45) is 7.52. The van der Waals surface area contributed by atoms with Crippen molar-refractivity contribution in [3.8, 4) is 0 Å². The molecule has 0 radical (unpaired) electrons. The molecule has 4 rings (SSSR count). The largest absolute Gasteiger partial charge is 0.305 e. The lowest BCUT2D eigenvalue weighted by Crippen LogP contribution is -2.26. The Morgan fingerprint density at radius 1 is 0.432 bits per heavy atom. The summed E-state index contributed by atoms with van der Waals surface area (Å²) >= 11 is 0. The van der Waals surface area contributed by atoms with Crippen LogP contribution in [0.5, 0.6) is 0 Å². The number of nitrogens with zero attached hydrogens (tertiary/aromatic N) is 6. The summed E-state index contributed by atoms with van der Waals surface area (Å²) < 4.78 is 0. The average molecular weight is 583 g/mol. The van der Waals surface area contributed by atoms with Crippen molar-refractivity contribution in [2.45, 2.75) is 11.3 Å². The Hall–Kier alpha value is -6.84. The van der Waals surface area contributed by atoms with Gasteiger partial charge in [0.25, 0.3) is 0 Å². The van der Waals surface area contributed by atoms with E-state index in [9.17, 15) is 28.8 Å². The zero-order chi connectivity index (χ0) is 31.7. The Labute approximate surface area is 249 Å². The molecule has 0 heterocycles. The van der Waals surface area contributed by atoms with Gasteiger partial charge in [0.2, 0.25) is 36.5 Å². The Balaban J connectivity index is 0.000000240. The standard InChI is InChI=1S/C20H15NO.C12H3N5O5/c22-16-21-20(17-10-4-1-5-11-17,18-12-6-2-7-13-18)19-14-8-3-9-15-19;18-4-13-9-1-2-10(11(3-9)14-5-19)12(15-6-20,16-7-21)17-8-22/h1-15H;1-3H. The summed E-state index contributed by atoms with van der Waals surface area (Å²) in [7, 11) is 0. The number of benzene rings is 4. The van der Waals surface area contributed by atoms with Crippen LogP contribution in [0, 0.1) is 0 Å². The topological polar surface area (TPSA) is 177 Å². The lowest BCUT2D eigenvalue weighted by atomic mass is 9.78. The Morgan fingerprint density at radius 3 is 1.20 bits per heavy atom. The van der Waals surface area contributed by atoms with E-state index in [4.69, 9.17) is 0 Å². The molecule has 0 bridgehead atoms. The van der Waals surface area contributed by atoms with E-state index >= 15 is 0 Å². The molecule has 0 aromatic heterocycles. The molecule has 12 nitrogen and oxygen atoms in total. The summed E-state index contributed by atoms with van der Waals surface area (Å²) in [6.45, 7) is 0. The van der Waals surface area contributed by atoms with Crippen LogP contribution in [0.15, 0.2) is 139 Å². The molecule has 0 amide bonds. The van der Waals surface area contributed by atoms with Crippen molar-refractivity contribution >= 4 is 47.9 Å². The summed E-state index contributed by atoms with van der Waals surface area (Å²) in [5.74, 6) is -2.38. The van der Waals surface area contributed by atoms with E-state index in [0.29, 0.717) is 0 Å². The highest BCUT2D eigenvalue weighted by Crippen LogP contribution is 2.40. The predicted octanol–water partition coefficient (Wildman–Crippen LogP) is 5.05. The van der Waals surface area contributed by atoms with Gasteiger partial charge in [-0.05, 0) is 34.9 Å². The molecule has 0 aliphatic carbocycles. The van der Waals surface area contributed by atoms with Crippen LogP contribution < -0.4 is 0 Å². The van der Waals surface area contributed by atoms with Gasteiger partial charge < -0.3 is 0 Å². The molecule has 44 heavy (non-hydrogen) atoms. The molecule has 0 aliphatic rings. The van der Waals surface area contributed by atoms with Crippen molar-refractivity contribution in [1.82, 2.24) is 0 Å². The zero-order valence-electron chi connectivity index (χ0n) is 22.5. The molecule has 0 spiro atoms. The van der Waals surface area contributed by atoms with Crippen LogP contribution in [-0.2, 0) is 40.1 Å². The van der Waals surface area contributed by atoms with E-state index in [1.807, 2.05) is 91.0 Å². The van der Waals surface area contributed by atoms with Crippen LogP contribution in [0.25, 0.3) is 0 Å². The minimum Gasteiger partial charge on any atom is -0.211 e. The molecule has 0 aliphatic heterocycles.